The molecule has 0 fully saturated rings. The zero-order valence-corrected chi connectivity index (χ0v) is 7.85. The molecule has 0 amide bonds. The lowest BCUT2D eigenvalue weighted by Gasteiger charge is -1.98. The second kappa shape index (κ2) is 3.20. The van der Waals surface area contributed by atoms with Crippen LogP contribution in [0, 0.1) is 6.92 Å². The number of nitrogens with zero attached hydrogens (tertiary/aromatic N) is 1. The van der Waals surface area contributed by atoms with Gasteiger partial charge in [-0.2, -0.15) is 0 Å². The van der Waals surface area contributed by atoms with Gasteiger partial charge in [0.2, 0.25) is 0 Å². The molecule has 5 nitrogen and oxygen atoms in total. The van der Waals surface area contributed by atoms with Crippen molar-refractivity contribution in [1.82, 2.24) is 4.98 Å². The number of hydrogen-bond donors (Lipinski definition) is 1. The minimum atomic E-state index is -1.09. The van der Waals surface area contributed by atoms with E-state index >= 15 is 0 Å². The second-order valence-corrected chi connectivity index (χ2v) is 3.06. The number of carbonyl (C=O) groups is 1. The second-order valence-electron chi connectivity index (χ2n) is 3.06. The van der Waals surface area contributed by atoms with Crippen LogP contribution in [0.15, 0.2) is 27.4 Å². The van der Waals surface area contributed by atoms with Gasteiger partial charge in [-0.3, -0.25) is 0 Å². The van der Waals surface area contributed by atoms with Crippen LogP contribution in [0.2, 0.25) is 0 Å². The van der Waals surface area contributed by atoms with Gasteiger partial charge in [0, 0.05) is 6.92 Å². The van der Waals surface area contributed by atoms with Crippen molar-refractivity contribution < 1.29 is 14.3 Å². The molecule has 0 aliphatic heterocycles. The molecule has 0 spiro atoms. The standard InChI is InChI=1S/C10H7NO4/c1-5-11-8-3-2-6(9(12)13)4-7(8)10(14)15-5/h2-4H,1H3,(H,12,13). The fraction of sp³-hybridized carbons (Fsp3) is 0.100. The number of aromatic nitrogens is 1. The Morgan fingerprint density at radius 2 is 2.20 bits per heavy atom. The molecule has 0 radical (unpaired) electrons. The van der Waals surface area contributed by atoms with Gasteiger partial charge < -0.3 is 9.52 Å². The number of rotatable bonds is 1. The molecule has 0 saturated carbocycles. The van der Waals surface area contributed by atoms with Crippen molar-refractivity contribution in [3.63, 3.8) is 0 Å². The van der Waals surface area contributed by atoms with Crippen LogP contribution in [0.5, 0.6) is 0 Å². The first-order valence-electron chi connectivity index (χ1n) is 4.23. The van der Waals surface area contributed by atoms with Crippen LogP contribution in [-0.2, 0) is 0 Å². The van der Waals surface area contributed by atoms with Crippen molar-refractivity contribution in [3.8, 4) is 0 Å². The first kappa shape index (κ1) is 9.39. The predicted octanol–water partition coefficient (Wildman–Crippen LogP) is 1.19. The van der Waals surface area contributed by atoms with Gasteiger partial charge in [0.15, 0.2) is 5.89 Å². The van der Waals surface area contributed by atoms with E-state index in [1.165, 1.54) is 18.2 Å². The molecule has 0 aliphatic carbocycles. The zero-order valence-electron chi connectivity index (χ0n) is 7.85. The van der Waals surface area contributed by atoms with Crippen LogP contribution in [0.3, 0.4) is 0 Å². The molecular formula is C10H7NO4. The van der Waals surface area contributed by atoms with Crippen molar-refractivity contribution in [2.45, 2.75) is 6.92 Å². The summed E-state index contributed by atoms with van der Waals surface area (Å²) in [5.41, 5.74) is -0.0881. The van der Waals surface area contributed by atoms with Gasteiger partial charge in [-0.25, -0.2) is 14.6 Å². The molecule has 1 N–H and O–H groups in total. The SMILES string of the molecule is Cc1nc2ccc(C(=O)O)cc2c(=O)o1. The summed E-state index contributed by atoms with van der Waals surface area (Å²) < 4.78 is 4.77. The fourth-order valence-electron chi connectivity index (χ4n) is 1.31. The van der Waals surface area contributed by atoms with E-state index in [1.54, 1.807) is 6.92 Å². The maximum Gasteiger partial charge on any atom is 0.346 e. The van der Waals surface area contributed by atoms with Crippen molar-refractivity contribution in [3.05, 3.63) is 40.1 Å². The van der Waals surface area contributed by atoms with Crippen LogP contribution in [-0.4, -0.2) is 16.1 Å². The Labute approximate surface area is 84.0 Å². The molecule has 2 aromatic rings. The van der Waals surface area contributed by atoms with Crippen molar-refractivity contribution >= 4 is 16.9 Å². The third-order valence-corrected chi connectivity index (χ3v) is 1.98. The average Bonchev–Trinajstić information content (AvgIpc) is 2.16. The fourth-order valence-corrected chi connectivity index (χ4v) is 1.31. The summed E-state index contributed by atoms with van der Waals surface area (Å²) in [7, 11) is 0. The van der Waals surface area contributed by atoms with Crippen LogP contribution in [0.25, 0.3) is 10.9 Å². The Balaban J connectivity index is 2.83. The van der Waals surface area contributed by atoms with Crippen LogP contribution in [0.4, 0.5) is 0 Å². The molecule has 5 heteroatoms. The summed E-state index contributed by atoms with van der Waals surface area (Å²) in [4.78, 5) is 26.0. The minimum absolute atomic E-state index is 0.0421. The minimum Gasteiger partial charge on any atom is -0.478 e. The number of benzene rings is 1. The molecule has 1 aromatic heterocycles. The molecule has 0 unspecified atom stereocenters. The number of carboxylic acid groups (broad SMARTS) is 1. The van der Waals surface area contributed by atoms with Crippen molar-refractivity contribution in [2.75, 3.05) is 0 Å². The van der Waals surface area contributed by atoms with Gasteiger partial charge in [-0.15, -0.1) is 0 Å². The highest BCUT2D eigenvalue weighted by molar-refractivity contribution is 5.92. The lowest BCUT2D eigenvalue weighted by Crippen LogP contribution is -2.05. The summed E-state index contributed by atoms with van der Waals surface area (Å²) >= 11 is 0. The smallest absolute Gasteiger partial charge is 0.346 e. The van der Waals surface area contributed by atoms with E-state index in [4.69, 9.17) is 9.52 Å². The number of carboxylic acids is 1. The summed E-state index contributed by atoms with van der Waals surface area (Å²) in [6, 6.07) is 4.15. The molecule has 1 aromatic carbocycles. The van der Waals surface area contributed by atoms with E-state index in [0.29, 0.717) is 5.52 Å². The van der Waals surface area contributed by atoms with Gasteiger partial charge in [-0.1, -0.05) is 0 Å². The lowest BCUT2D eigenvalue weighted by molar-refractivity contribution is 0.0697. The van der Waals surface area contributed by atoms with E-state index in [9.17, 15) is 9.59 Å². The molecule has 0 atom stereocenters. The Hall–Kier alpha value is -2.17. The highest BCUT2D eigenvalue weighted by atomic mass is 16.4. The Morgan fingerprint density at radius 1 is 1.47 bits per heavy atom. The van der Waals surface area contributed by atoms with E-state index in [0.717, 1.165) is 0 Å². The topological polar surface area (TPSA) is 80.4 Å². The van der Waals surface area contributed by atoms with Crippen LogP contribution >= 0.6 is 0 Å². The molecule has 15 heavy (non-hydrogen) atoms. The third-order valence-electron chi connectivity index (χ3n) is 1.98. The zero-order chi connectivity index (χ0) is 11.0. The van der Waals surface area contributed by atoms with E-state index in [-0.39, 0.29) is 16.8 Å². The Kier molecular flexibility index (Phi) is 2.00. The molecule has 0 aliphatic rings. The molecule has 0 saturated heterocycles. The van der Waals surface area contributed by atoms with E-state index in [1.807, 2.05) is 0 Å². The average molecular weight is 205 g/mol. The Morgan fingerprint density at radius 3 is 2.87 bits per heavy atom. The number of fused-ring (bicyclic) bond motifs is 1. The number of aromatic carboxylic acids is 1. The number of aryl methyl sites for hydroxylation is 1. The summed E-state index contributed by atoms with van der Waals surface area (Å²) in [6.07, 6.45) is 0. The molecule has 76 valence electrons. The van der Waals surface area contributed by atoms with E-state index in [2.05, 4.69) is 4.98 Å². The summed E-state index contributed by atoms with van der Waals surface area (Å²) in [5, 5.41) is 8.92. The quantitative estimate of drug-likeness (QED) is 0.756. The predicted molar refractivity (Wildman–Crippen MR) is 52.0 cm³/mol. The van der Waals surface area contributed by atoms with E-state index < -0.39 is 11.6 Å². The molecular weight excluding hydrogens is 198 g/mol. The van der Waals surface area contributed by atoms with Gasteiger partial charge in [-0.05, 0) is 18.2 Å². The monoisotopic (exact) mass is 205 g/mol. The molecule has 0 bridgehead atoms. The molecule has 2 rings (SSSR count). The highest BCUT2D eigenvalue weighted by Crippen LogP contribution is 2.10. The summed E-state index contributed by atoms with van der Waals surface area (Å²) in [5.74, 6) is -0.826. The Bertz CT molecular complexity index is 600. The molecule has 1 heterocycles. The number of hydrogen-bond acceptors (Lipinski definition) is 4. The lowest BCUT2D eigenvalue weighted by atomic mass is 10.1. The normalized spacial score (nSPS) is 10.5. The van der Waals surface area contributed by atoms with Crippen molar-refractivity contribution in [1.29, 1.82) is 0 Å². The first-order valence-corrected chi connectivity index (χ1v) is 4.23. The van der Waals surface area contributed by atoms with Gasteiger partial charge in [0.1, 0.15) is 0 Å². The maximum atomic E-state index is 11.4. The van der Waals surface area contributed by atoms with Crippen molar-refractivity contribution in [2.24, 2.45) is 0 Å². The van der Waals surface area contributed by atoms with Gasteiger partial charge in [0.05, 0.1) is 16.5 Å². The summed E-state index contributed by atoms with van der Waals surface area (Å²) in [6.45, 7) is 1.56. The van der Waals surface area contributed by atoms with Gasteiger partial charge in [0.25, 0.3) is 0 Å². The third kappa shape index (κ3) is 1.59. The maximum absolute atomic E-state index is 11.4. The largest absolute Gasteiger partial charge is 0.478 e. The first-order chi connectivity index (χ1) is 7.08. The van der Waals surface area contributed by atoms with Crippen LogP contribution < -0.4 is 5.63 Å². The van der Waals surface area contributed by atoms with Gasteiger partial charge >= 0.3 is 11.6 Å². The van der Waals surface area contributed by atoms with Crippen LogP contribution in [0.1, 0.15) is 16.2 Å². The highest BCUT2D eigenvalue weighted by Gasteiger charge is 2.08.